The first-order valence-electron chi connectivity index (χ1n) is 11.6. The molecule has 1 atom stereocenters. The standard InChI is InChI=1S/C27H28FN3O3/c28-23-12-9-19(10-13-23)18-5-7-21(8-6-18)26(20-3-1-2-4-20)31-24-14-11-22(17-30-24)27(34)29-16-15-25(32)33/h5-14,17,20,26H,1-4,15-16H2,(H,29,34)(H,30,31)(H,32,33)/t26-/m0/s1. The lowest BCUT2D eigenvalue weighted by Gasteiger charge is -2.26. The summed E-state index contributed by atoms with van der Waals surface area (Å²) in [5.41, 5.74) is 3.55. The van der Waals surface area contributed by atoms with Crippen LogP contribution < -0.4 is 10.6 Å². The minimum Gasteiger partial charge on any atom is -0.481 e. The first-order valence-corrected chi connectivity index (χ1v) is 11.6. The lowest BCUT2D eigenvalue weighted by Crippen LogP contribution is -2.26. The van der Waals surface area contributed by atoms with E-state index in [4.69, 9.17) is 5.11 Å². The van der Waals surface area contributed by atoms with E-state index in [1.807, 2.05) is 0 Å². The summed E-state index contributed by atoms with van der Waals surface area (Å²) in [7, 11) is 0. The summed E-state index contributed by atoms with van der Waals surface area (Å²) < 4.78 is 13.2. The Morgan fingerprint density at radius 1 is 0.971 bits per heavy atom. The molecule has 1 fully saturated rings. The van der Waals surface area contributed by atoms with Gasteiger partial charge in [-0.05, 0) is 59.7 Å². The molecule has 1 heterocycles. The molecule has 0 saturated heterocycles. The minimum absolute atomic E-state index is 0.0752. The van der Waals surface area contributed by atoms with Crippen LogP contribution in [0, 0.1) is 11.7 Å². The van der Waals surface area contributed by atoms with Gasteiger partial charge in [-0.15, -0.1) is 0 Å². The summed E-state index contributed by atoms with van der Waals surface area (Å²) in [6.07, 6.45) is 6.07. The highest BCUT2D eigenvalue weighted by atomic mass is 19.1. The predicted molar refractivity (Wildman–Crippen MR) is 129 cm³/mol. The molecule has 4 rings (SSSR count). The Morgan fingerprint density at radius 3 is 2.21 bits per heavy atom. The Kier molecular flexibility index (Phi) is 7.52. The maximum atomic E-state index is 13.2. The largest absolute Gasteiger partial charge is 0.481 e. The molecule has 0 bridgehead atoms. The number of aromatic nitrogens is 1. The second-order valence-corrected chi connectivity index (χ2v) is 8.63. The van der Waals surface area contributed by atoms with Gasteiger partial charge in [0.1, 0.15) is 11.6 Å². The van der Waals surface area contributed by atoms with E-state index in [1.165, 1.54) is 31.2 Å². The van der Waals surface area contributed by atoms with Gasteiger partial charge in [0.15, 0.2) is 0 Å². The highest BCUT2D eigenvalue weighted by Gasteiger charge is 2.26. The summed E-state index contributed by atoms with van der Waals surface area (Å²) in [5.74, 6) is -0.383. The zero-order valence-electron chi connectivity index (χ0n) is 18.8. The molecule has 6 nitrogen and oxygen atoms in total. The van der Waals surface area contributed by atoms with Crippen LogP contribution in [-0.2, 0) is 4.79 Å². The average molecular weight is 462 g/mol. The number of hydrogen-bond acceptors (Lipinski definition) is 4. The molecule has 1 saturated carbocycles. The number of carbonyl (C=O) groups is 2. The van der Waals surface area contributed by atoms with Crippen molar-refractivity contribution in [2.45, 2.75) is 38.1 Å². The van der Waals surface area contributed by atoms with E-state index in [1.54, 1.807) is 24.3 Å². The topological polar surface area (TPSA) is 91.3 Å². The number of rotatable bonds is 9. The molecule has 1 aliphatic carbocycles. The average Bonchev–Trinajstić information content (AvgIpc) is 3.38. The van der Waals surface area contributed by atoms with E-state index in [-0.39, 0.29) is 30.7 Å². The minimum atomic E-state index is -0.957. The van der Waals surface area contributed by atoms with E-state index < -0.39 is 5.97 Å². The number of nitrogens with zero attached hydrogens (tertiary/aromatic N) is 1. The molecule has 0 spiro atoms. The quantitative estimate of drug-likeness (QED) is 0.395. The number of amides is 1. The first kappa shape index (κ1) is 23.4. The van der Waals surface area contributed by atoms with Gasteiger partial charge < -0.3 is 15.7 Å². The monoisotopic (exact) mass is 461 g/mol. The van der Waals surface area contributed by atoms with Gasteiger partial charge in [0.2, 0.25) is 0 Å². The predicted octanol–water partition coefficient (Wildman–Crippen LogP) is 5.44. The fourth-order valence-corrected chi connectivity index (χ4v) is 4.45. The summed E-state index contributed by atoms with van der Waals surface area (Å²) in [6, 6.07) is 18.4. The van der Waals surface area contributed by atoms with Crippen LogP contribution in [0.15, 0.2) is 66.9 Å². The molecule has 0 aliphatic heterocycles. The fourth-order valence-electron chi connectivity index (χ4n) is 4.45. The third kappa shape index (κ3) is 5.98. The number of carboxylic acid groups (broad SMARTS) is 1. The Bertz CT molecular complexity index is 1110. The van der Waals surface area contributed by atoms with Gasteiger partial charge in [0, 0.05) is 12.7 Å². The van der Waals surface area contributed by atoms with E-state index >= 15 is 0 Å². The van der Waals surface area contributed by atoms with Gasteiger partial charge in [-0.3, -0.25) is 9.59 Å². The van der Waals surface area contributed by atoms with Crippen molar-refractivity contribution >= 4 is 17.7 Å². The molecule has 176 valence electrons. The SMILES string of the molecule is O=C(O)CCNC(=O)c1ccc(N[C@H](c2ccc(-c3ccc(F)cc3)cc2)C2CCCC2)nc1. The van der Waals surface area contributed by atoms with Crippen LogP contribution in [0.2, 0.25) is 0 Å². The summed E-state index contributed by atoms with van der Waals surface area (Å²) in [4.78, 5) is 27.2. The van der Waals surface area contributed by atoms with Crippen LogP contribution in [0.3, 0.4) is 0 Å². The number of halogens is 1. The van der Waals surface area contributed by atoms with Crippen LogP contribution in [-0.4, -0.2) is 28.5 Å². The number of hydrogen-bond donors (Lipinski definition) is 3. The third-order valence-electron chi connectivity index (χ3n) is 6.27. The fraction of sp³-hybridized carbons (Fsp3) is 0.296. The van der Waals surface area contributed by atoms with Crippen molar-refractivity contribution in [1.82, 2.24) is 10.3 Å². The molecule has 0 unspecified atom stereocenters. The third-order valence-corrected chi connectivity index (χ3v) is 6.27. The molecule has 7 heteroatoms. The van der Waals surface area contributed by atoms with Gasteiger partial charge in [-0.1, -0.05) is 49.2 Å². The maximum absolute atomic E-state index is 13.2. The van der Waals surface area contributed by atoms with Gasteiger partial charge in [0.05, 0.1) is 18.0 Å². The molecule has 3 aromatic rings. The van der Waals surface area contributed by atoms with Crippen molar-refractivity contribution in [3.8, 4) is 11.1 Å². The number of benzene rings is 2. The van der Waals surface area contributed by atoms with Crippen molar-refractivity contribution in [3.05, 3.63) is 83.8 Å². The first-order chi connectivity index (χ1) is 16.5. The van der Waals surface area contributed by atoms with Gasteiger partial charge in [-0.2, -0.15) is 0 Å². The van der Waals surface area contributed by atoms with Crippen molar-refractivity contribution in [2.24, 2.45) is 5.92 Å². The van der Waals surface area contributed by atoms with Crippen LogP contribution in [0.1, 0.15) is 54.1 Å². The van der Waals surface area contributed by atoms with E-state index in [9.17, 15) is 14.0 Å². The molecular formula is C27H28FN3O3. The van der Waals surface area contributed by atoms with Crippen molar-refractivity contribution in [3.63, 3.8) is 0 Å². The van der Waals surface area contributed by atoms with Gasteiger partial charge >= 0.3 is 5.97 Å². The zero-order valence-corrected chi connectivity index (χ0v) is 18.8. The summed E-state index contributed by atoms with van der Waals surface area (Å²) in [5, 5.41) is 14.8. The lowest BCUT2D eigenvalue weighted by atomic mass is 9.90. The van der Waals surface area contributed by atoms with Crippen LogP contribution in [0.4, 0.5) is 10.2 Å². The molecule has 34 heavy (non-hydrogen) atoms. The van der Waals surface area contributed by atoms with Gasteiger partial charge in [-0.25, -0.2) is 9.37 Å². The van der Waals surface area contributed by atoms with Crippen molar-refractivity contribution < 1.29 is 19.1 Å². The Balaban J connectivity index is 1.47. The van der Waals surface area contributed by atoms with Crippen molar-refractivity contribution in [1.29, 1.82) is 0 Å². The molecular weight excluding hydrogens is 433 g/mol. The van der Waals surface area contributed by atoms with E-state index in [0.29, 0.717) is 17.3 Å². The molecule has 1 aliphatic rings. The Hall–Kier alpha value is -3.74. The van der Waals surface area contributed by atoms with Crippen molar-refractivity contribution in [2.75, 3.05) is 11.9 Å². The molecule has 1 aromatic heterocycles. The maximum Gasteiger partial charge on any atom is 0.305 e. The van der Waals surface area contributed by atoms with Crippen LogP contribution in [0.25, 0.3) is 11.1 Å². The number of anilines is 1. The second-order valence-electron chi connectivity index (χ2n) is 8.63. The van der Waals surface area contributed by atoms with E-state index in [0.717, 1.165) is 29.5 Å². The number of pyridine rings is 1. The smallest absolute Gasteiger partial charge is 0.305 e. The Labute approximate surface area is 198 Å². The highest BCUT2D eigenvalue weighted by molar-refractivity contribution is 5.94. The van der Waals surface area contributed by atoms with Crippen LogP contribution >= 0.6 is 0 Å². The lowest BCUT2D eigenvalue weighted by molar-refractivity contribution is -0.136. The van der Waals surface area contributed by atoms with Gasteiger partial charge in [0.25, 0.3) is 5.91 Å². The Morgan fingerprint density at radius 2 is 1.62 bits per heavy atom. The molecule has 3 N–H and O–H groups in total. The molecule has 0 radical (unpaired) electrons. The summed E-state index contributed by atoms with van der Waals surface area (Å²) in [6.45, 7) is 0.0752. The second kappa shape index (κ2) is 10.9. The summed E-state index contributed by atoms with van der Waals surface area (Å²) >= 11 is 0. The molecule has 2 aromatic carbocycles. The zero-order chi connectivity index (χ0) is 23.9. The highest BCUT2D eigenvalue weighted by Crippen LogP contribution is 2.38. The number of aliphatic carboxylic acids is 1. The number of nitrogens with one attached hydrogen (secondary N) is 2. The molecule has 1 amide bonds. The van der Waals surface area contributed by atoms with Crippen LogP contribution in [0.5, 0.6) is 0 Å². The van der Waals surface area contributed by atoms with E-state index in [2.05, 4.69) is 39.9 Å². The number of carboxylic acids is 1. The number of carbonyl (C=O) groups excluding carboxylic acids is 1. The normalized spacial score (nSPS) is 14.5.